The largest absolute Gasteiger partial charge is 0.370 e. The Bertz CT molecular complexity index is 2090. The molecular formula is C40H54N12O6S2. The van der Waals surface area contributed by atoms with Crippen LogP contribution in [0.2, 0.25) is 0 Å². The fourth-order valence-corrected chi connectivity index (χ4v) is 7.35. The van der Waals surface area contributed by atoms with Crippen LogP contribution >= 0.6 is 25.3 Å². The van der Waals surface area contributed by atoms with E-state index in [-0.39, 0.29) is 55.7 Å². The van der Waals surface area contributed by atoms with Gasteiger partial charge in [0.05, 0.1) is 6.33 Å². The number of amides is 6. The van der Waals surface area contributed by atoms with Crippen molar-refractivity contribution in [1.29, 1.82) is 0 Å². The number of guanidine groups is 1. The van der Waals surface area contributed by atoms with E-state index in [2.05, 4.69) is 61.2 Å². The van der Waals surface area contributed by atoms with Crippen LogP contribution in [-0.2, 0) is 48.0 Å². The van der Waals surface area contributed by atoms with E-state index in [1.807, 2.05) is 24.3 Å². The maximum absolute atomic E-state index is 14.9. The first-order chi connectivity index (χ1) is 28.7. The summed E-state index contributed by atoms with van der Waals surface area (Å²) in [7, 11) is 1.45. The number of H-pyrrole nitrogens is 2. The van der Waals surface area contributed by atoms with Crippen molar-refractivity contribution in [3.05, 3.63) is 90.1 Å². The number of primary amides is 1. The predicted octanol–water partition coefficient (Wildman–Crippen LogP) is -0.184. The highest BCUT2D eigenvalue weighted by molar-refractivity contribution is 7.80. The second kappa shape index (κ2) is 22.9. The van der Waals surface area contributed by atoms with Crippen LogP contribution < -0.4 is 33.2 Å². The number of nitrogens with zero attached hydrogens (tertiary/aromatic N) is 4. The number of nitrogens with two attached hydrogens (primary N) is 3. The van der Waals surface area contributed by atoms with Crippen molar-refractivity contribution in [2.24, 2.45) is 22.2 Å². The number of imidazole rings is 1. The highest BCUT2D eigenvalue weighted by Gasteiger charge is 2.37. The molecule has 0 aliphatic carbocycles. The van der Waals surface area contributed by atoms with E-state index < -0.39 is 59.7 Å². The number of likely N-dealkylation sites (N-methyl/N-ethyl adjacent to an activating group) is 1. The highest BCUT2D eigenvalue weighted by Crippen LogP contribution is 2.20. The zero-order valence-electron chi connectivity index (χ0n) is 33.5. The Labute approximate surface area is 359 Å². The molecule has 0 saturated heterocycles. The maximum Gasteiger partial charge on any atom is 0.246 e. The molecule has 0 saturated carbocycles. The molecule has 60 heavy (non-hydrogen) atoms. The number of aromatic nitrogens is 3. The van der Waals surface area contributed by atoms with Crippen molar-refractivity contribution in [3.8, 4) is 0 Å². The lowest BCUT2D eigenvalue weighted by atomic mass is 10.0. The average molecular weight is 863 g/mol. The number of carbonyl (C=O) groups is 6. The second-order valence-electron chi connectivity index (χ2n) is 14.2. The molecule has 0 radical (unpaired) electrons. The predicted molar refractivity (Wildman–Crippen MR) is 235 cm³/mol. The molecule has 0 spiro atoms. The number of benzene rings is 2. The molecule has 2 heterocycles. The first kappa shape index (κ1) is 46.7. The SMILES string of the molecule is CC(=O)N(C)[C@@H](CS)C(=O)N[C@@H](Cc1cnc[nH]1)C(=O)N[C@H](Cc1ccccc1)C(=O)N(CCCCN=C(N)N)[C@@H](CS)C(=O)N[C@H](Cc1c[nH]c2ccccc12)C(N)=O. The fraction of sp³-hybridized carbons (Fsp3) is 0.400. The van der Waals surface area contributed by atoms with Crippen molar-refractivity contribution in [3.63, 3.8) is 0 Å². The smallest absolute Gasteiger partial charge is 0.246 e. The Morgan fingerprint density at radius 2 is 1.43 bits per heavy atom. The van der Waals surface area contributed by atoms with E-state index in [4.69, 9.17) is 17.2 Å². The highest BCUT2D eigenvalue weighted by atomic mass is 32.1. The van der Waals surface area contributed by atoms with E-state index >= 15 is 0 Å². The van der Waals surface area contributed by atoms with Gasteiger partial charge in [-0.2, -0.15) is 25.3 Å². The Hall–Kier alpha value is -6.02. The van der Waals surface area contributed by atoms with E-state index in [9.17, 15) is 28.8 Å². The number of aliphatic imine (C=N–C) groups is 1. The van der Waals surface area contributed by atoms with Gasteiger partial charge in [0.2, 0.25) is 35.4 Å². The van der Waals surface area contributed by atoms with Gasteiger partial charge in [-0.3, -0.25) is 33.8 Å². The van der Waals surface area contributed by atoms with Crippen molar-refractivity contribution in [1.82, 2.24) is 40.7 Å². The summed E-state index contributed by atoms with van der Waals surface area (Å²) in [6.45, 7) is 1.57. The molecule has 18 nitrogen and oxygen atoms in total. The third-order valence-electron chi connectivity index (χ3n) is 9.94. The number of nitrogens with one attached hydrogen (secondary N) is 5. The number of hydrogen-bond acceptors (Lipinski definition) is 10. The third-order valence-corrected chi connectivity index (χ3v) is 10.6. The van der Waals surface area contributed by atoms with Crippen molar-refractivity contribution >= 4 is 77.6 Å². The van der Waals surface area contributed by atoms with Gasteiger partial charge in [0.25, 0.3) is 0 Å². The summed E-state index contributed by atoms with van der Waals surface area (Å²) < 4.78 is 0. The van der Waals surface area contributed by atoms with E-state index in [0.29, 0.717) is 24.1 Å². The van der Waals surface area contributed by atoms with Gasteiger partial charge in [-0.1, -0.05) is 48.5 Å². The second-order valence-corrected chi connectivity index (χ2v) is 14.9. The van der Waals surface area contributed by atoms with Crippen LogP contribution in [0.1, 0.15) is 36.6 Å². The molecule has 0 aliphatic rings. The molecule has 4 rings (SSSR count). The summed E-state index contributed by atoms with van der Waals surface area (Å²) in [5, 5.41) is 9.18. The van der Waals surface area contributed by atoms with Crippen LogP contribution in [0.25, 0.3) is 10.9 Å². The lowest BCUT2D eigenvalue weighted by Crippen LogP contribution is -2.61. The lowest BCUT2D eigenvalue weighted by molar-refractivity contribution is -0.143. The summed E-state index contributed by atoms with van der Waals surface area (Å²) in [5.74, 6) is -4.13. The topological polar surface area (TPSA) is 280 Å². The minimum Gasteiger partial charge on any atom is -0.370 e. The van der Waals surface area contributed by atoms with E-state index in [1.54, 1.807) is 36.5 Å². The zero-order chi connectivity index (χ0) is 43.8. The number of fused-ring (bicyclic) bond motifs is 1. The summed E-state index contributed by atoms with van der Waals surface area (Å²) in [6, 6.07) is 10.5. The Morgan fingerprint density at radius 1 is 0.783 bits per heavy atom. The number of rotatable bonds is 23. The number of unbranched alkanes of at least 4 members (excludes halogenated alkanes) is 1. The minimum absolute atomic E-state index is 0.00162. The first-order valence-electron chi connectivity index (χ1n) is 19.3. The van der Waals surface area contributed by atoms with Gasteiger partial charge in [-0.15, -0.1) is 0 Å². The number of carbonyl (C=O) groups excluding carboxylic acids is 6. The van der Waals surface area contributed by atoms with Crippen LogP contribution in [0.4, 0.5) is 0 Å². The number of thiol groups is 2. The summed E-state index contributed by atoms with van der Waals surface area (Å²) in [5.41, 5.74) is 19.6. The quantitative estimate of drug-likeness (QED) is 0.0205. The number of aromatic amines is 2. The zero-order valence-corrected chi connectivity index (χ0v) is 35.3. The number of para-hydroxylation sites is 1. The normalized spacial score (nSPS) is 13.5. The van der Waals surface area contributed by atoms with Gasteiger partial charge in [0.15, 0.2) is 5.96 Å². The summed E-state index contributed by atoms with van der Waals surface area (Å²) in [4.78, 5) is 98.6. The Balaban J connectivity index is 1.67. The van der Waals surface area contributed by atoms with Gasteiger partial charge in [0, 0.05) is 86.8 Å². The Kier molecular flexibility index (Phi) is 17.8. The first-order valence-corrected chi connectivity index (χ1v) is 20.6. The monoisotopic (exact) mass is 862 g/mol. The van der Waals surface area contributed by atoms with Crippen LogP contribution in [0.3, 0.4) is 0 Å². The van der Waals surface area contributed by atoms with Gasteiger partial charge < -0.3 is 52.9 Å². The number of hydrogen-bond donors (Lipinski definition) is 10. The molecule has 6 amide bonds. The average Bonchev–Trinajstić information content (AvgIpc) is 3.89. The van der Waals surface area contributed by atoms with Crippen molar-refractivity contribution in [2.45, 2.75) is 69.2 Å². The summed E-state index contributed by atoms with van der Waals surface area (Å²) in [6.07, 6.45) is 5.46. The summed E-state index contributed by atoms with van der Waals surface area (Å²) >= 11 is 8.77. The van der Waals surface area contributed by atoms with Crippen LogP contribution in [0.5, 0.6) is 0 Å². The molecular weight excluding hydrogens is 809 g/mol. The molecule has 2 aromatic carbocycles. The molecule has 322 valence electrons. The van der Waals surface area contributed by atoms with Gasteiger partial charge in [-0.05, 0) is 30.0 Å². The van der Waals surface area contributed by atoms with Crippen molar-refractivity contribution in [2.75, 3.05) is 31.6 Å². The van der Waals surface area contributed by atoms with E-state index in [0.717, 1.165) is 16.5 Å². The fourth-order valence-electron chi connectivity index (χ4n) is 6.57. The standard InChI is InChI=1S/C40H54N12O6S2/c1-24(53)51(2)33(21-59)37(56)49-31(18-27-20-44-23-47-27)36(55)50-32(16-25-10-4-3-5-11-25)39(58)52(15-9-8-14-45-40(42)43)34(22-60)38(57)48-30(35(41)54)17-26-19-46-29-13-7-6-12-28(26)29/h3-7,10-13,19-20,23,30-34,46,59-60H,8-9,14-18,21-22H2,1-2H3,(H2,41,54)(H,44,47)(H,48,57)(H,49,56)(H,50,55)(H4,42,43,45)/t30-,31+,32-,33+,34+/m1/s1. The molecule has 5 atom stereocenters. The lowest BCUT2D eigenvalue weighted by Gasteiger charge is -2.34. The molecule has 0 aliphatic heterocycles. The molecule has 0 fully saturated rings. The third kappa shape index (κ3) is 13.2. The molecule has 4 aromatic rings. The maximum atomic E-state index is 14.9. The molecule has 0 unspecified atom stereocenters. The molecule has 0 bridgehead atoms. The van der Waals surface area contributed by atoms with Gasteiger partial charge in [0.1, 0.15) is 30.2 Å². The van der Waals surface area contributed by atoms with Crippen LogP contribution in [-0.4, -0.2) is 128 Å². The molecule has 20 heteroatoms. The van der Waals surface area contributed by atoms with Gasteiger partial charge in [-0.25, -0.2) is 4.98 Å². The molecule has 11 N–H and O–H groups in total. The minimum atomic E-state index is -1.27. The van der Waals surface area contributed by atoms with Crippen molar-refractivity contribution < 1.29 is 28.8 Å². The Morgan fingerprint density at radius 3 is 2.07 bits per heavy atom. The van der Waals surface area contributed by atoms with Gasteiger partial charge >= 0.3 is 0 Å². The van der Waals surface area contributed by atoms with Crippen LogP contribution in [0.15, 0.2) is 78.3 Å². The van der Waals surface area contributed by atoms with Crippen LogP contribution in [0, 0.1) is 0 Å². The van der Waals surface area contributed by atoms with E-state index in [1.165, 1.54) is 36.3 Å². The molecule has 2 aromatic heterocycles.